The quantitative estimate of drug-likeness (QED) is 0.505. The zero-order valence-corrected chi connectivity index (χ0v) is 11.7. The number of fused-ring (bicyclic) bond motifs is 1. The Bertz CT molecular complexity index is 376. The van der Waals surface area contributed by atoms with Gasteiger partial charge in [-0.05, 0) is 12.0 Å². The van der Waals surface area contributed by atoms with Crippen molar-refractivity contribution < 1.29 is 4.79 Å². The van der Waals surface area contributed by atoms with Gasteiger partial charge in [0.2, 0.25) is 5.91 Å². The molecule has 0 aromatic heterocycles. The summed E-state index contributed by atoms with van der Waals surface area (Å²) in [5, 5.41) is 1.67. The molecule has 0 aromatic rings. The molecule has 1 saturated heterocycles. The van der Waals surface area contributed by atoms with Gasteiger partial charge in [0.25, 0.3) is 0 Å². The number of hydrogen-bond acceptors (Lipinski definition) is 1. The van der Waals surface area contributed by atoms with E-state index in [2.05, 4.69) is 31.8 Å². The fourth-order valence-electron chi connectivity index (χ4n) is 2.70. The van der Waals surface area contributed by atoms with Gasteiger partial charge < -0.3 is 4.90 Å². The predicted molar refractivity (Wildman–Crippen MR) is 69.9 cm³/mol. The molecule has 1 aliphatic heterocycles. The molecule has 1 unspecified atom stereocenters. The van der Waals surface area contributed by atoms with Crippen LogP contribution in [-0.2, 0) is 4.79 Å². The van der Waals surface area contributed by atoms with Crippen LogP contribution in [0.3, 0.4) is 0 Å². The second-order valence-corrected chi connectivity index (χ2v) is 11.1. The van der Waals surface area contributed by atoms with Gasteiger partial charge in [0.05, 0.1) is 8.07 Å². The number of likely N-dealkylation sites (N-methyl/N-ethyl adjacent to an activating group) is 1. The Hall–Kier alpha value is -0.833. The van der Waals surface area contributed by atoms with Crippen molar-refractivity contribution in [2.24, 2.45) is 5.92 Å². The third-order valence-electron chi connectivity index (χ3n) is 3.66. The SMILES string of the molecule is CN1CC2=C([Si](C)(C)C)CC=CC2CC1=O. The molecule has 0 saturated carbocycles. The van der Waals surface area contributed by atoms with E-state index in [1.807, 2.05) is 11.9 Å². The molecule has 2 nitrogen and oxygen atoms in total. The maximum Gasteiger partial charge on any atom is 0.223 e. The predicted octanol–water partition coefficient (Wildman–Crippen LogP) is 2.60. The van der Waals surface area contributed by atoms with Gasteiger partial charge in [-0.1, -0.05) is 37.0 Å². The van der Waals surface area contributed by atoms with Crippen LogP contribution in [0.5, 0.6) is 0 Å². The molecular weight excluding hydrogens is 214 g/mol. The molecule has 0 aromatic carbocycles. The molecule has 2 aliphatic rings. The van der Waals surface area contributed by atoms with Crippen LogP contribution in [0.25, 0.3) is 0 Å². The smallest absolute Gasteiger partial charge is 0.223 e. The highest BCUT2D eigenvalue weighted by molar-refractivity contribution is 6.83. The van der Waals surface area contributed by atoms with Gasteiger partial charge >= 0.3 is 0 Å². The Kier molecular flexibility index (Phi) is 2.82. The lowest BCUT2D eigenvalue weighted by molar-refractivity contribution is -0.131. The highest BCUT2D eigenvalue weighted by atomic mass is 28.3. The van der Waals surface area contributed by atoms with Crippen molar-refractivity contribution in [3.05, 3.63) is 22.9 Å². The van der Waals surface area contributed by atoms with Crippen molar-refractivity contribution in [1.29, 1.82) is 0 Å². The number of carbonyl (C=O) groups excluding carboxylic acids is 1. The van der Waals surface area contributed by atoms with Crippen LogP contribution in [0.4, 0.5) is 0 Å². The Balaban J connectivity index is 2.37. The van der Waals surface area contributed by atoms with E-state index in [9.17, 15) is 4.79 Å². The molecule has 1 amide bonds. The molecule has 88 valence electrons. The first kappa shape index (κ1) is 11.6. The summed E-state index contributed by atoms with van der Waals surface area (Å²) in [5.41, 5.74) is 1.55. The molecule has 0 spiro atoms. The van der Waals surface area contributed by atoms with Crippen molar-refractivity contribution in [3.8, 4) is 0 Å². The van der Waals surface area contributed by atoms with E-state index < -0.39 is 8.07 Å². The number of carbonyl (C=O) groups is 1. The number of hydrogen-bond donors (Lipinski definition) is 0. The highest BCUT2D eigenvalue weighted by Gasteiger charge is 2.33. The van der Waals surface area contributed by atoms with Crippen LogP contribution >= 0.6 is 0 Å². The van der Waals surface area contributed by atoms with E-state index >= 15 is 0 Å². The van der Waals surface area contributed by atoms with Crippen LogP contribution in [0, 0.1) is 5.92 Å². The number of allylic oxidation sites excluding steroid dienone is 3. The summed E-state index contributed by atoms with van der Waals surface area (Å²) < 4.78 is 0. The van der Waals surface area contributed by atoms with Gasteiger partial charge in [-0.3, -0.25) is 4.79 Å². The Morgan fingerprint density at radius 2 is 2.06 bits per heavy atom. The molecular formula is C13H21NOSi. The molecule has 0 bridgehead atoms. The highest BCUT2D eigenvalue weighted by Crippen LogP contribution is 2.35. The Labute approximate surface area is 99.0 Å². The van der Waals surface area contributed by atoms with Crippen molar-refractivity contribution in [2.75, 3.05) is 13.6 Å². The third-order valence-corrected chi connectivity index (χ3v) is 5.99. The number of nitrogens with zero attached hydrogens (tertiary/aromatic N) is 1. The molecule has 16 heavy (non-hydrogen) atoms. The minimum atomic E-state index is -1.23. The van der Waals surface area contributed by atoms with E-state index in [0.29, 0.717) is 12.3 Å². The van der Waals surface area contributed by atoms with Crippen LogP contribution in [0.1, 0.15) is 12.8 Å². The van der Waals surface area contributed by atoms with Gasteiger partial charge in [-0.25, -0.2) is 0 Å². The van der Waals surface area contributed by atoms with Gasteiger partial charge in [0.15, 0.2) is 0 Å². The summed E-state index contributed by atoms with van der Waals surface area (Å²) in [6.45, 7) is 8.07. The average molecular weight is 235 g/mol. The van der Waals surface area contributed by atoms with Gasteiger partial charge in [-0.2, -0.15) is 0 Å². The van der Waals surface area contributed by atoms with Crippen LogP contribution in [0.15, 0.2) is 22.9 Å². The summed E-state index contributed by atoms with van der Waals surface area (Å²) in [6.07, 6.45) is 6.30. The normalized spacial score (nSPS) is 26.1. The Morgan fingerprint density at radius 1 is 1.38 bits per heavy atom. The van der Waals surface area contributed by atoms with Crippen LogP contribution < -0.4 is 0 Å². The van der Waals surface area contributed by atoms with Crippen molar-refractivity contribution in [1.82, 2.24) is 4.90 Å². The lowest BCUT2D eigenvalue weighted by Crippen LogP contribution is -2.40. The largest absolute Gasteiger partial charge is 0.342 e. The monoisotopic (exact) mass is 235 g/mol. The number of piperidine rings is 1. The van der Waals surface area contributed by atoms with Crippen LogP contribution in [0.2, 0.25) is 19.6 Å². The van der Waals surface area contributed by atoms with Crippen molar-refractivity contribution in [3.63, 3.8) is 0 Å². The molecule has 1 aliphatic carbocycles. The molecule has 0 N–H and O–H groups in total. The molecule has 3 heteroatoms. The zero-order chi connectivity index (χ0) is 11.9. The summed E-state index contributed by atoms with van der Waals surface area (Å²) in [6, 6.07) is 0. The second-order valence-electron chi connectivity index (χ2n) is 5.95. The standard InChI is InChI=1S/C13H21NOSi/c1-14-9-11-10(8-13(14)15)6-5-7-12(11)16(2,3)4/h5-6,10H,7-9H2,1-4H3. The zero-order valence-electron chi connectivity index (χ0n) is 10.7. The molecule has 2 rings (SSSR count). The molecule has 1 fully saturated rings. The minimum Gasteiger partial charge on any atom is -0.342 e. The van der Waals surface area contributed by atoms with E-state index in [1.54, 1.807) is 10.8 Å². The van der Waals surface area contributed by atoms with Gasteiger partial charge in [0, 0.05) is 25.9 Å². The van der Waals surface area contributed by atoms with E-state index in [4.69, 9.17) is 0 Å². The first-order valence-electron chi connectivity index (χ1n) is 6.02. The maximum absolute atomic E-state index is 11.7. The summed E-state index contributed by atoms with van der Waals surface area (Å²) in [4.78, 5) is 13.6. The van der Waals surface area contributed by atoms with Crippen molar-refractivity contribution in [2.45, 2.75) is 32.5 Å². The summed E-state index contributed by atoms with van der Waals surface area (Å²) >= 11 is 0. The topological polar surface area (TPSA) is 20.3 Å². The fraction of sp³-hybridized carbons (Fsp3) is 0.615. The molecule has 1 heterocycles. The fourth-order valence-corrected chi connectivity index (χ4v) is 4.66. The first-order chi connectivity index (χ1) is 7.39. The maximum atomic E-state index is 11.7. The van der Waals surface area contributed by atoms with E-state index in [1.165, 1.54) is 0 Å². The summed E-state index contributed by atoms with van der Waals surface area (Å²) in [7, 11) is 0.697. The third kappa shape index (κ3) is 2.01. The molecule has 1 atom stereocenters. The van der Waals surface area contributed by atoms with E-state index in [0.717, 1.165) is 13.0 Å². The lowest BCUT2D eigenvalue weighted by atomic mass is 9.86. The van der Waals surface area contributed by atoms with Gasteiger partial charge in [-0.15, -0.1) is 0 Å². The van der Waals surface area contributed by atoms with Gasteiger partial charge in [0.1, 0.15) is 0 Å². The second kappa shape index (κ2) is 3.88. The lowest BCUT2D eigenvalue weighted by Gasteiger charge is -2.37. The first-order valence-corrected chi connectivity index (χ1v) is 9.52. The van der Waals surface area contributed by atoms with Crippen LogP contribution in [-0.4, -0.2) is 32.5 Å². The number of rotatable bonds is 1. The average Bonchev–Trinajstić information content (AvgIpc) is 2.17. The number of amides is 1. The minimum absolute atomic E-state index is 0.287. The van der Waals surface area contributed by atoms with Crippen molar-refractivity contribution >= 4 is 14.0 Å². The molecule has 0 radical (unpaired) electrons. The Morgan fingerprint density at radius 3 is 2.69 bits per heavy atom. The summed E-state index contributed by atoms with van der Waals surface area (Å²) in [5.74, 6) is 0.689. The number of likely N-dealkylation sites (tertiary alicyclic amines) is 1. The van der Waals surface area contributed by atoms with E-state index in [-0.39, 0.29) is 5.91 Å².